The largest absolute Gasteiger partial charge is 0.508 e. The molecule has 100 valence electrons. The molecule has 0 aliphatic carbocycles. The van der Waals surface area contributed by atoms with E-state index in [9.17, 15) is 26.4 Å². The third-order valence-corrected chi connectivity index (χ3v) is 3.02. The van der Waals surface area contributed by atoms with Gasteiger partial charge in [0.05, 0.1) is 6.61 Å². The molecule has 1 aliphatic heterocycles. The van der Waals surface area contributed by atoms with E-state index in [1.54, 1.807) is 0 Å². The minimum Gasteiger partial charge on any atom is -0.430 e. The third kappa shape index (κ3) is 5.73. The zero-order chi connectivity index (χ0) is 13.1. The van der Waals surface area contributed by atoms with E-state index in [1.807, 2.05) is 0 Å². The van der Waals surface area contributed by atoms with Crippen LogP contribution in [0.5, 0.6) is 0 Å². The summed E-state index contributed by atoms with van der Waals surface area (Å²) in [6, 6.07) is 0. The van der Waals surface area contributed by atoms with Crippen molar-refractivity contribution in [1.82, 2.24) is 0 Å². The van der Waals surface area contributed by atoms with Crippen molar-refractivity contribution in [1.29, 1.82) is 0 Å². The molecule has 1 aliphatic rings. The van der Waals surface area contributed by atoms with Crippen molar-refractivity contribution in [3.63, 3.8) is 0 Å². The van der Waals surface area contributed by atoms with E-state index in [-0.39, 0.29) is 13.0 Å². The van der Waals surface area contributed by atoms with Crippen molar-refractivity contribution in [3.05, 3.63) is 0 Å². The summed E-state index contributed by atoms with van der Waals surface area (Å²) in [5.41, 5.74) is 0. The molecular weight excluding hydrogens is 269 g/mol. The van der Waals surface area contributed by atoms with Crippen LogP contribution in [0.1, 0.15) is 6.42 Å². The normalized spacial score (nSPS) is 24.1. The fraction of sp³-hybridized carbons (Fsp3) is 0.857. The summed E-state index contributed by atoms with van der Waals surface area (Å²) < 4.78 is 69.4. The van der Waals surface area contributed by atoms with Crippen LogP contribution in [0.3, 0.4) is 0 Å². The van der Waals surface area contributed by atoms with Crippen LogP contribution < -0.4 is 0 Å². The van der Waals surface area contributed by atoms with Gasteiger partial charge in [-0.1, -0.05) is 0 Å². The lowest BCUT2D eigenvalue weighted by Crippen LogP contribution is -2.35. The average molecular weight is 278 g/mol. The molecule has 10 heteroatoms. The smallest absolute Gasteiger partial charge is 0.430 e. The van der Waals surface area contributed by atoms with Crippen molar-refractivity contribution in [2.45, 2.75) is 18.7 Å². The van der Waals surface area contributed by atoms with Gasteiger partial charge in [0.15, 0.2) is 6.61 Å². The van der Waals surface area contributed by atoms with Crippen molar-refractivity contribution >= 4 is 16.3 Å². The third-order valence-electron chi connectivity index (χ3n) is 1.71. The summed E-state index contributed by atoms with van der Waals surface area (Å²) in [5, 5.41) is 0. The Bertz CT molecular complexity index is 376. The summed E-state index contributed by atoms with van der Waals surface area (Å²) in [7, 11) is -3.78. The van der Waals surface area contributed by atoms with Crippen LogP contribution in [0, 0.1) is 0 Å². The highest BCUT2D eigenvalue weighted by Gasteiger charge is 2.32. The maximum atomic E-state index is 11.7. The lowest BCUT2D eigenvalue weighted by atomic mass is 10.3. The van der Waals surface area contributed by atoms with Crippen LogP contribution >= 0.6 is 0 Å². The number of carbonyl (C=O) groups is 1. The maximum absolute atomic E-state index is 11.7. The molecule has 1 fully saturated rings. The first-order chi connectivity index (χ1) is 7.68. The van der Waals surface area contributed by atoms with Crippen LogP contribution in [0.4, 0.5) is 18.0 Å². The summed E-state index contributed by atoms with van der Waals surface area (Å²) in [5.74, 6) is -0.589. The Morgan fingerprint density at radius 3 is 2.59 bits per heavy atom. The maximum Gasteiger partial charge on any atom is 0.508 e. The Kier molecular flexibility index (Phi) is 4.20. The van der Waals surface area contributed by atoms with E-state index in [0.717, 1.165) is 0 Å². The molecule has 0 amide bonds. The van der Waals surface area contributed by atoms with Gasteiger partial charge in [-0.15, -0.1) is 0 Å². The summed E-state index contributed by atoms with van der Waals surface area (Å²) >= 11 is 0. The molecule has 0 bridgehead atoms. The van der Waals surface area contributed by atoms with Crippen molar-refractivity contribution < 1.29 is 40.0 Å². The van der Waals surface area contributed by atoms with Crippen molar-refractivity contribution in [3.8, 4) is 0 Å². The van der Waals surface area contributed by atoms with Crippen molar-refractivity contribution in [2.24, 2.45) is 0 Å². The molecule has 0 saturated carbocycles. The van der Waals surface area contributed by atoms with E-state index < -0.39 is 40.9 Å². The number of alkyl halides is 3. The molecular formula is C7H9F3O6S. The van der Waals surface area contributed by atoms with E-state index >= 15 is 0 Å². The quantitative estimate of drug-likeness (QED) is 0.549. The van der Waals surface area contributed by atoms with Gasteiger partial charge in [0.25, 0.3) is 10.1 Å². The lowest BCUT2D eigenvalue weighted by molar-refractivity contribution is -0.166. The van der Waals surface area contributed by atoms with Gasteiger partial charge in [-0.25, -0.2) is 4.79 Å². The van der Waals surface area contributed by atoms with Crippen LogP contribution in [0.15, 0.2) is 0 Å². The predicted molar refractivity (Wildman–Crippen MR) is 46.6 cm³/mol. The second kappa shape index (κ2) is 5.08. The summed E-state index contributed by atoms with van der Waals surface area (Å²) in [6.07, 6.45) is -7.17. The molecule has 0 aromatic rings. The lowest BCUT2D eigenvalue weighted by Gasteiger charge is -2.21. The minimum absolute atomic E-state index is 0.0837. The Morgan fingerprint density at radius 1 is 1.41 bits per heavy atom. The van der Waals surface area contributed by atoms with E-state index in [0.29, 0.717) is 0 Å². The number of hydrogen-bond acceptors (Lipinski definition) is 6. The second-order valence-corrected chi connectivity index (χ2v) is 4.91. The summed E-state index contributed by atoms with van der Waals surface area (Å²) in [6.45, 7) is -1.96. The molecule has 6 nitrogen and oxygen atoms in total. The molecule has 1 heterocycles. The molecule has 1 rings (SSSR count). The first-order valence-electron chi connectivity index (χ1n) is 4.45. The Labute approximate surface area is 94.8 Å². The zero-order valence-electron chi connectivity index (χ0n) is 8.40. The van der Waals surface area contributed by atoms with Crippen LogP contribution in [-0.4, -0.2) is 45.8 Å². The van der Waals surface area contributed by atoms with Gasteiger partial charge in [0.2, 0.25) is 0 Å². The summed E-state index contributed by atoms with van der Waals surface area (Å²) in [4.78, 5) is 10.8. The molecule has 0 N–H and O–H groups in total. The minimum atomic E-state index is -4.65. The number of rotatable bonds is 2. The van der Waals surface area contributed by atoms with E-state index in [4.69, 9.17) is 0 Å². The van der Waals surface area contributed by atoms with E-state index in [1.165, 1.54) is 0 Å². The number of hydrogen-bond donors (Lipinski definition) is 0. The average Bonchev–Trinajstić information content (AvgIpc) is 2.12. The molecule has 1 atom stereocenters. The fourth-order valence-electron chi connectivity index (χ4n) is 1.07. The SMILES string of the molecule is O=C(OCC(F)(F)F)OC1CCOS(=O)(=O)C1. The zero-order valence-corrected chi connectivity index (χ0v) is 9.21. The molecule has 17 heavy (non-hydrogen) atoms. The molecule has 0 aromatic carbocycles. The highest BCUT2D eigenvalue weighted by molar-refractivity contribution is 7.86. The highest BCUT2D eigenvalue weighted by Crippen LogP contribution is 2.16. The monoisotopic (exact) mass is 278 g/mol. The van der Waals surface area contributed by atoms with Crippen LogP contribution in [0.25, 0.3) is 0 Å². The van der Waals surface area contributed by atoms with Gasteiger partial charge in [0.1, 0.15) is 11.9 Å². The number of halogens is 3. The first kappa shape index (κ1) is 14.0. The second-order valence-electron chi connectivity index (χ2n) is 3.23. The Morgan fingerprint density at radius 2 is 2.06 bits per heavy atom. The van der Waals surface area contributed by atoms with Gasteiger partial charge in [-0.2, -0.15) is 21.6 Å². The molecule has 0 radical (unpaired) electrons. The predicted octanol–water partition coefficient (Wildman–Crippen LogP) is 0.821. The molecule has 0 aromatic heterocycles. The number of ether oxygens (including phenoxy) is 2. The van der Waals surface area contributed by atoms with E-state index in [2.05, 4.69) is 13.7 Å². The topological polar surface area (TPSA) is 78.9 Å². The Hall–Kier alpha value is -1.03. The fourth-order valence-corrected chi connectivity index (χ4v) is 2.21. The Balaban J connectivity index is 2.36. The van der Waals surface area contributed by atoms with Crippen LogP contribution in [0.2, 0.25) is 0 Å². The highest BCUT2D eigenvalue weighted by atomic mass is 32.2. The van der Waals surface area contributed by atoms with Crippen molar-refractivity contribution in [2.75, 3.05) is 19.0 Å². The molecule has 1 unspecified atom stereocenters. The van der Waals surface area contributed by atoms with Gasteiger partial charge in [0, 0.05) is 6.42 Å². The number of carbonyl (C=O) groups excluding carboxylic acids is 1. The molecule has 0 spiro atoms. The molecule has 1 saturated heterocycles. The van der Waals surface area contributed by atoms with Gasteiger partial charge < -0.3 is 9.47 Å². The standard InChI is InChI=1S/C7H9F3O6S/c8-7(9,10)4-14-6(11)16-5-1-2-15-17(12,13)3-5/h5H,1-4H2. The first-order valence-corrected chi connectivity index (χ1v) is 6.03. The van der Waals surface area contributed by atoms with Gasteiger partial charge >= 0.3 is 12.3 Å². The van der Waals surface area contributed by atoms with Gasteiger partial charge in [-0.3, -0.25) is 4.18 Å². The van der Waals surface area contributed by atoms with Gasteiger partial charge in [-0.05, 0) is 0 Å². The van der Waals surface area contributed by atoms with Crippen LogP contribution in [-0.2, 0) is 23.8 Å².